The molecule has 0 spiro atoms. The van der Waals surface area contributed by atoms with E-state index in [1.807, 2.05) is 13.8 Å². The molecule has 3 aliphatic carbocycles. The molecule has 1 aromatic carbocycles. The molecule has 132 valence electrons. The first kappa shape index (κ1) is 17.4. The molecular weight excluding hydrogens is 324 g/mol. The smallest absolute Gasteiger partial charge is 0.276 e. The highest BCUT2D eigenvalue weighted by molar-refractivity contribution is 7.89. The number of benzene rings is 1. The van der Waals surface area contributed by atoms with E-state index >= 15 is 0 Å². The summed E-state index contributed by atoms with van der Waals surface area (Å²) in [5.74, 6) is 0. The Balaban J connectivity index is 1.81. The Hall–Kier alpha value is -1.40. The van der Waals surface area contributed by atoms with Crippen LogP contribution in [0.4, 0.5) is 0 Å². The number of hydrogen-bond donors (Lipinski definition) is 1. The predicted molar refractivity (Wildman–Crippen MR) is 94.5 cm³/mol. The minimum Gasteiger partial charge on any atom is -0.375 e. The van der Waals surface area contributed by atoms with Crippen molar-refractivity contribution in [2.45, 2.75) is 63.4 Å². The van der Waals surface area contributed by atoms with Crippen molar-refractivity contribution in [3.63, 3.8) is 0 Å². The van der Waals surface area contributed by atoms with Gasteiger partial charge < -0.3 is 4.74 Å². The number of sulfonamides is 1. The Morgan fingerprint density at radius 3 is 2.38 bits per heavy atom. The summed E-state index contributed by atoms with van der Waals surface area (Å²) in [4.78, 5) is 2.68. The zero-order chi connectivity index (χ0) is 17.4. The molecule has 0 aromatic heterocycles. The van der Waals surface area contributed by atoms with Gasteiger partial charge in [-0.1, -0.05) is 24.6 Å². The van der Waals surface area contributed by atoms with Crippen LogP contribution in [0.5, 0.6) is 0 Å². The molecule has 6 heteroatoms. The maximum Gasteiger partial charge on any atom is 0.276 e. The number of aryl methyl sites for hydroxylation is 1. The second kappa shape index (κ2) is 6.15. The topological polar surface area (TPSA) is 67.8 Å². The molecule has 4 rings (SSSR count). The van der Waals surface area contributed by atoms with Crippen LogP contribution in [-0.2, 0) is 14.8 Å². The van der Waals surface area contributed by atoms with Crippen LogP contribution in [0.1, 0.15) is 51.5 Å². The van der Waals surface area contributed by atoms with E-state index in [1.165, 1.54) is 0 Å². The summed E-state index contributed by atoms with van der Waals surface area (Å²) in [6, 6.07) is 6.79. The average Bonchev–Trinajstić information content (AvgIpc) is 2.55. The first-order valence-electron chi connectivity index (χ1n) is 8.58. The Morgan fingerprint density at radius 2 is 1.79 bits per heavy atom. The van der Waals surface area contributed by atoms with Gasteiger partial charge in [0.1, 0.15) is 0 Å². The number of nitrogens with zero attached hydrogens (tertiary/aromatic N) is 1. The van der Waals surface area contributed by atoms with Gasteiger partial charge in [0.15, 0.2) is 0 Å². The summed E-state index contributed by atoms with van der Waals surface area (Å²) in [5, 5.41) is 4.33. The normalized spacial score (nSPS) is 31.4. The summed E-state index contributed by atoms with van der Waals surface area (Å²) in [7, 11) is -3.63. The molecule has 1 aromatic rings. The minimum atomic E-state index is -3.63. The Kier molecular flexibility index (Phi) is 4.47. The molecular formula is C18H26N2O3S. The third-order valence-electron chi connectivity index (χ3n) is 5.53. The fourth-order valence-corrected chi connectivity index (χ4v) is 4.63. The van der Waals surface area contributed by atoms with Gasteiger partial charge >= 0.3 is 0 Å². The van der Waals surface area contributed by atoms with Crippen molar-refractivity contribution in [3.8, 4) is 0 Å². The van der Waals surface area contributed by atoms with Crippen molar-refractivity contribution in [1.29, 1.82) is 0 Å². The first-order valence-corrected chi connectivity index (χ1v) is 10.1. The van der Waals surface area contributed by atoms with E-state index in [0.29, 0.717) is 13.0 Å². The standard InChI is InChI=1S/C18H26N2O3S/c1-4-23-18-11-9-17(3,10-12-18)16(13-18)19-20-24(21,22)15-7-5-14(2)6-8-15/h5-8,20H,4,9-13H2,1-3H3. The van der Waals surface area contributed by atoms with Crippen molar-refractivity contribution in [2.24, 2.45) is 10.5 Å². The lowest BCUT2D eigenvalue weighted by Crippen LogP contribution is -2.53. The summed E-state index contributed by atoms with van der Waals surface area (Å²) < 4.78 is 30.9. The van der Waals surface area contributed by atoms with Gasteiger partial charge in [-0.25, -0.2) is 4.83 Å². The van der Waals surface area contributed by atoms with Crippen LogP contribution >= 0.6 is 0 Å². The number of nitrogens with one attached hydrogen (secondary N) is 1. The molecule has 3 fully saturated rings. The van der Waals surface area contributed by atoms with E-state index in [0.717, 1.165) is 37.0 Å². The molecule has 2 bridgehead atoms. The van der Waals surface area contributed by atoms with Gasteiger partial charge in [0.25, 0.3) is 10.0 Å². The second-order valence-corrected chi connectivity index (χ2v) is 8.98. The van der Waals surface area contributed by atoms with Gasteiger partial charge in [-0.15, -0.1) is 0 Å². The summed E-state index contributed by atoms with van der Waals surface area (Å²) in [5.41, 5.74) is 1.77. The number of hydrazone groups is 1. The Morgan fingerprint density at radius 1 is 1.17 bits per heavy atom. The van der Waals surface area contributed by atoms with E-state index < -0.39 is 10.0 Å². The lowest BCUT2D eigenvalue weighted by Gasteiger charge is -2.52. The highest BCUT2D eigenvalue weighted by atomic mass is 32.2. The molecule has 0 unspecified atom stereocenters. The molecule has 0 aliphatic heterocycles. The second-order valence-electron chi connectivity index (χ2n) is 7.32. The quantitative estimate of drug-likeness (QED) is 0.828. The van der Waals surface area contributed by atoms with Crippen LogP contribution in [0.15, 0.2) is 34.3 Å². The molecule has 1 N–H and O–H groups in total. The number of rotatable bonds is 5. The summed E-state index contributed by atoms with van der Waals surface area (Å²) in [6.07, 6.45) is 4.77. The average molecular weight is 350 g/mol. The minimum absolute atomic E-state index is 0.0192. The SMILES string of the molecule is CCOC12CCC(C)(CC1)C(=NNS(=O)(=O)c1ccc(C)cc1)C2. The maximum atomic E-state index is 12.5. The molecule has 0 radical (unpaired) electrons. The number of hydrogen-bond acceptors (Lipinski definition) is 4. The number of ether oxygens (including phenoxy) is 1. The molecule has 3 aliphatic rings. The fourth-order valence-electron chi connectivity index (χ4n) is 3.80. The van der Waals surface area contributed by atoms with Crippen LogP contribution < -0.4 is 4.83 Å². The van der Waals surface area contributed by atoms with Crippen molar-refractivity contribution in [1.82, 2.24) is 4.83 Å². The lowest BCUT2D eigenvalue weighted by molar-refractivity contribution is -0.0874. The monoisotopic (exact) mass is 350 g/mol. The van der Waals surface area contributed by atoms with Crippen LogP contribution in [0, 0.1) is 12.3 Å². The van der Waals surface area contributed by atoms with Gasteiger partial charge in [-0.05, 0) is 51.7 Å². The molecule has 0 heterocycles. The Bertz CT molecular complexity index is 730. The molecule has 3 saturated carbocycles. The number of fused-ring (bicyclic) bond motifs is 3. The van der Waals surface area contributed by atoms with Crippen LogP contribution in [0.25, 0.3) is 0 Å². The first-order chi connectivity index (χ1) is 11.3. The molecule has 0 saturated heterocycles. The van der Waals surface area contributed by atoms with Gasteiger partial charge in [0, 0.05) is 24.2 Å². The van der Waals surface area contributed by atoms with E-state index in [4.69, 9.17) is 4.74 Å². The predicted octanol–water partition coefficient (Wildman–Crippen LogP) is 3.39. The van der Waals surface area contributed by atoms with Crippen molar-refractivity contribution >= 4 is 15.7 Å². The van der Waals surface area contributed by atoms with E-state index in [-0.39, 0.29) is 15.9 Å². The molecule has 0 amide bonds. The zero-order valence-electron chi connectivity index (χ0n) is 14.6. The summed E-state index contributed by atoms with van der Waals surface area (Å²) in [6.45, 7) is 6.80. The maximum absolute atomic E-state index is 12.5. The van der Waals surface area contributed by atoms with Crippen molar-refractivity contribution in [3.05, 3.63) is 29.8 Å². The van der Waals surface area contributed by atoms with Crippen LogP contribution in [0.2, 0.25) is 0 Å². The molecule has 5 nitrogen and oxygen atoms in total. The van der Waals surface area contributed by atoms with Gasteiger partial charge in [-0.2, -0.15) is 13.5 Å². The summed E-state index contributed by atoms with van der Waals surface area (Å²) >= 11 is 0. The van der Waals surface area contributed by atoms with Gasteiger partial charge in [-0.3, -0.25) is 0 Å². The fraction of sp³-hybridized carbons (Fsp3) is 0.611. The zero-order valence-corrected chi connectivity index (χ0v) is 15.4. The third-order valence-corrected chi connectivity index (χ3v) is 6.76. The highest BCUT2D eigenvalue weighted by Gasteiger charge is 2.51. The Labute approximate surface area is 144 Å². The van der Waals surface area contributed by atoms with E-state index in [1.54, 1.807) is 24.3 Å². The van der Waals surface area contributed by atoms with Gasteiger partial charge in [0.05, 0.1) is 10.5 Å². The lowest BCUT2D eigenvalue weighted by atomic mass is 9.58. The third kappa shape index (κ3) is 3.22. The van der Waals surface area contributed by atoms with E-state index in [9.17, 15) is 8.42 Å². The highest BCUT2D eigenvalue weighted by Crippen LogP contribution is 2.52. The van der Waals surface area contributed by atoms with Crippen LogP contribution in [0.3, 0.4) is 0 Å². The van der Waals surface area contributed by atoms with Gasteiger partial charge in [0.2, 0.25) is 0 Å². The van der Waals surface area contributed by atoms with Crippen LogP contribution in [-0.4, -0.2) is 26.3 Å². The van der Waals surface area contributed by atoms with E-state index in [2.05, 4.69) is 16.9 Å². The molecule has 0 atom stereocenters. The van der Waals surface area contributed by atoms with Crippen molar-refractivity contribution in [2.75, 3.05) is 6.61 Å². The molecule has 24 heavy (non-hydrogen) atoms. The van der Waals surface area contributed by atoms with Crippen molar-refractivity contribution < 1.29 is 13.2 Å². The largest absolute Gasteiger partial charge is 0.375 e.